The maximum Gasteiger partial charge on any atom is 0.288 e. The smallest absolute Gasteiger partial charge is 0.266 e. The Morgan fingerprint density at radius 1 is 1.05 bits per heavy atom. The lowest BCUT2D eigenvalue weighted by Gasteiger charge is -2.02. The summed E-state index contributed by atoms with van der Waals surface area (Å²) in [5.74, 6) is -0.0739. The van der Waals surface area contributed by atoms with E-state index in [2.05, 4.69) is 16.3 Å². The van der Waals surface area contributed by atoms with E-state index < -0.39 is 0 Å². The maximum atomic E-state index is 12.5. The van der Waals surface area contributed by atoms with Gasteiger partial charge in [-0.05, 0) is 52.0 Å². The number of nitrogens with zero attached hydrogens (tertiary/aromatic N) is 4. The molecule has 5 nitrogen and oxygen atoms in total. The molecule has 0 aliphatic carbocycles. The number of aryl methyl sites for hydroxylation is 4. The first kappa shape index (κ1) is 14.7. The van der Waals surface area contributed by atoms with Gasteiger partial charge in [-0.15, -0.1) is 11.3 Å². The van der Waals surface area contributed by atoms with E-state index in [1.165, 1.54) is 16.0 Å². The molecule has 3 aromatic rings. The van der Waals surface area contributed by atoms with Gasteiger partial charge in [0.2, 0.25) is 0 Å². The van der Waals surface area contributed by atoms with Crippen molar-refractivity contribution < 1.29 is 4.79 Å². The molecule has 0 aliphatic heterocycles. The molecule has 0 bridgehead atoms. The molecule has 0 radical (unpaired) electrons. The van der Waals surface area contributed by atoms with Gasteiger partial charge in [0.1, 0.15) is 0 Å². The SMILES string of the molecule is Cc1cc(C)n(Cc2ccc(C(=O)n3nc(C)cc3C)s2)n1. The normalized spacial score (nSPS) is 11.1. The van der Waals surface area contributed by atoms with Gasteiger partial charge >= 0.3 is 0 Å². The van der Waals surface area contributed by atoms with Crippen LogP contribution < -0.4 is 0 Å². The second kappa shape index (κ2) is 5.53. The Morgan fingerprint density at radius 3 is 2.32 bits per heavy atom. The maximum absolute atomic E-state index is 12.5. The molecule has 0 saturated carbocycles. The average molecular weight is 314 g/mol. The summed E-state index contributed by atoms with van der Waals surface area (Å²) in [5.41, 5.74) is 3.84. The average Bonchev–Trinajstić information content (AvgIpc) is 3.11. The summed E-state index contributed by atoms with van der Waals surface area (Å²) in [6.07, 6.45) is 0. The molecular weight excluding hydrogens is 296 g/mol. The lowest BCUT2D eigenvalue weighted by atomic mass is 10.3. The van der Waals surface area contributed by atoms with Crippen LogP contribution in [-0.4, -0.2) is 25.5 Å². The molecule has 0 fully saturated rings. The van der Waals surface area contributed by atoms with Crippen LogP contribution in [0.3, 0.4) is 0 Å². The largest absolute Gasteiger partial charge is 0.288 e. The Morgan fingerprint density at radius 2 is 1.73 bits per heavy atom. The van der Waals surface area contributed by atoms with Crippen molar-refractivity contribution in [1.82, 2.24) is 19.6 Å². The Kier molecular flexibility index (Phi) is 3.70. The minimum absolute atomic E-state index is 0.0739. The number of carbonyl (C=O) groups is 1. The molecule has 3 heterocycles. The van der Waals surface area contributed by atoms with Gasteiger partial charge in [-0.3, -0.25) is 9.48 Å². The zero-order valence-electron chi connectivity index (χ0n) is 13.1. The predicted molar refractivity (Wildman–Crippen MR) is 86.6 cm³/mol. The van der Waals surface area contributed by atoms with E-state index >= 15 is 0 Å². The van der Waals surface area contributed by atoms with Gasteiger partial charge in [0, 0.05) is 16.3 Å². The van der Waals surface area contributed by atoms with Crippen molar-refractivity contribution in [2.75, 3.05) is 0 Å². The van der Waals surface area contributed by atoms with E-state index in [0.717, 1.165) is 27.7 Å². The zero-order chi connectivity index (χ0) is 15.9. The molecule has 0 aromatic carbocycles. The second-order valence-corrected chi connectivity index (χ2v) is 6.66. The predicted octanol–water partition coefficient (Wildman–Crippen LogP) is 3.11. The number of rotatable bonds is 3. The van der Waals surface area contributed by atoms with Crippen LogP contribution in [0.2, 0.25) is 0 Å². The third-order valence-corrected chi connectivity index (χ3v) is 4.54. The molecule has 0 unspecified atom stereocenters. The van der Waals surface area contributed by atoms with Crippen LogP contribution in [0, 0.1) is 27.7 Å². The van der Waals surface area contributed by atoms with Gasteiger partial charge in [0.15, 0.2) is 0 Å². The monoisotopic (exact) mass is 314 g/mol. The van der Waals surface area contributed by atoms with E-state index in [4.69, 9.17) is 0 Å². The highest BCUT2D eigenvalue weighted by atomic mass is 32.1. The molecule has 0 N–H and O–H groups in total. The lowest BCUT2D eigenvalue weighted by molar-refractivity contribution is 0.0946. The Balaban J connectivity index is 1.83. The molecule has 3 aromatic heterocycles. The molecule has 0 amide bonds. The molecule has 22 heavy (non-hydrogen) atoms. The number of aromatic nitrogens is 4. The topological polar surface area (TPSA) is 52.7 Å². The zero-order valence-corrected chi connectivity index (χ0v) is 13.9. The number of hydrogen-bond donors (Lipinski definition) is 0. The first-order chi connectivity index (χ1) is 10.4. The van der Waals surface area contributed by atoms with Crippen LogP contribution in [0.15, 0.2) is 24.3 Å². The van der Waals surface area contributed by atoms with Gasteiger partial charge in [0.05, 0.1) is 22.8 Å². The molecule has 0 aliphatic rings. The summed E-state index contributed by atoms with van der Waals surface area (Å²) in [6.45, 7) is 8.49. The summed E-state index contributed by atoms with van der Waals surface area (Å²) in [6, 6.07) is 7.81. The Labute approximate surface area is 133 Å². The van der Waals surface area contributed by atoms with Crippen molar-refractivity contribution in [3.63, 3.8) is 0 Å². The highest BCUT2D eigenvalue weighted by molar-refractivity contribution is 7.14. The number of thiophene rings is 1. The van der Waals surface area contributed by atoms with Crippen LogP contribution in [0.1, 0.15) is 37.3 Å². The van der Waals surface area contributed by atoms with E-state index in [1.54, 1.807) is 0 Å². The van der Waals surface area contributed by atoms with Gasteiger partial charge in [-0.1, -0.05) is 0 Å². The Bertz CT molecular complexity index is 840. The molecule has 0 spiro atoms. The summed E-state index contributed by atoms with van der Waals surface area (Å²) in [4.78, 5) is 14.3. The van der Waals surface area contributed by atoms with E-state index in [1.807, 2.05) is 50.6 Å². The lowest BCUT2D eigenvalue weighted by Crippen LogP contribution is -2.13. The van der Waals surface area contributed by atoms with E-state index in [0.29, 0.717) is 11.4 Å². The van der Waals surface area contributed by atoms with Crippen molar-refractivity contribution in [3.05, 3.63) is 56.8 Å². The van der Waals surface area contributed by atoms with Gasteiger partial charge < -0.3 is 0 Å². The fraction of sp³-hybridized carbons (Fsp3) is 0.312. The number of carbonyl (C=O) groups excluding carboxylic acids is 1. The fourth-order valence-corrected chi connectivity index (χ4v) is 3.41. The first-order valence-electron chi connectivity index (χ1n) is 7.12. The van der Waals surface area contributed by atoms with Crippen molar-refractivity contribution in [2.24, 2.45) is 0 Å². The number of hydrogen-bond acceptors (Lipinski definition) is 4. The third kappa shape index (κ3) is 2.74. The van der Waals surface area contributed by atoms with Crippen LogP contribution in [0.4, 0.5) is 0 Å². The highest BCUT2D eigenvalue weighted by Crippen LogP contribution is 2.20. The molecular formula is C16H18N4OS. The van der Waals surface area contributed by atoms with Gasteiger partial charge in [-0.25, -0.2) is 4.68 Å². The first-order valence-corrected chi connectivity index (χ1v) is 7.93. The standard InChI is InChI=1S/C16H18N4OS/c1-10-7-12(3)19(17-10)9-14-5-6-15(22-14)16(21)20-13(4)8-11(2)18-20/h5-8H,9H2,1-4H3. The van der Waals surface area contributed by atoms with Crippen LogP contribution in [0.25, 0.3) is 0 Å². The summed E-state index contributed by atoms with van der Waals surface area (Å²) < 4.78 is 3.42. The third-order valence-electron chi connectivity index (χ3n) is 3.48. The summed E-state index contributed by atoms with van der Waals surface area (Å²) in [5, 5.41) is 8.71. The van der Waals surface area contributed by atoms with Crippen LogP contribution in [-0.2, 0) is 6.54 Å². The van der Waals surface area contributed by atoms with Crippen molar-refractivity contribution in [2.45, 2.75) is 34.2 Å². The minimum Gasteiger partial charge on any atom is -0.266 e. The van der Waals surface area contributed by atoms with E-state index in [-0.39, 0.29) is 5.91 Å². The summed E-state index contributed by atoms with van der Waals surface area (Å²) >= 11 is 1.50. The van der Waals surface area contributed by atoms with Crippen molar-refractivity contribution in [3.8, 4) is 0 Å². The second-order valence-electron chi connectivity index (χ2n) is 5.49. The summed E-state index contributed by atoms with van der Waals surface area (Å²) in [7, 11) is 0. The Hall–Kier alpha value is -2.21. The van der Waals surface area contributed by atoms with Gasteiger partial charge in [-0.2, -0.15) is 10.2 Å². The van der Waals surface area contributed by atoms with Crippen molar-refractivity contribution in [1.29, 1.82) is 0 Å². The molecule has 6 heteroatoms. The molecule has 114 valence electrons. The molecule has 3 rings (SSSR count). The van der Waals surface area contributed by atoms with Crippen LogP contribution >= 0.6 is 11.3 Å². The van der Waals surface area contributed by atoms with E-state index in [9.17, 15) is 4.79 Å². The van der Waals surface area contributed by atoms with Crippen LogP contribution in [0.5, 0.6) is 0 Å². The fourth-order valence-electron chi connectivity index (χ4n) is 2.50. The van der Waals surface area contributed by atoms with Crippen molar-refractivity contribution >= 4 is 17.2 Å². The molecule has 0 saturated heterocycles. The quantitative estimate of drug-likeness (QED) is 0.746. The minimum atomic E-state index is -0.0739. The van der Waals surface area contributed by atoms with Gasteiger partial charge in [0.25, 0.3) is 5.91 Å². The molecule has 0 atom stereocenters. The highest BCUT2D eigenvalue weighted by Gasteiger charge is 2.15.